The molecule has 0 aliphatic carbocycles. The quantitative estimate of drug-likeness (QED) is 0.836. The van der Waals surface area contributed by atoms with E-state index in [0.29, 0.717) is 18.0 Å². The molecule has 2 N–H and O–H groups in total. The predicted molar refractivity (Wildman–Crippen MR) is 79.7 cm³/mol. The summed E-state index contributed by atoms with van der Waals surface area (Å²) < 4.78 is 0. The second-order valence-corrected chi connectivity index (χ2v) is 5.76. The number of nitrogens with two attached hydrogens (primary N) is 1. The maximum atomic E-state index is 6.10. The van der Waals surface area contributed by atoms with Gasteiger partial charge in [-0.2, -0.15) is 0 Å². The van der Waals surface area contributed by atoms with Crippen molar-refractivity contribution in [2.45, 2.75) is 46.2 Å². The van der Waals surface area contributed by atoms with Crippen molar-refractivity contribution in [2.24, 2.45) is 11.7 Å². The highest BCUT2D eigenvalue weighted by molar-refractivity contribution is 5.23. The van der Waals surface area contributed by atoms with Gasteiger partial charge < -0.3 is 5.73 Å². The Kier molecular flexibility index (Phi) is 5.83. The number of hydrogen-bond acceptors (Lipinski definition) is 2. The molecule has 2 nitrogen and oxygen atoms in total. The lowest BCUT2D eigenvalue weighted by Gasteiger charge is -2.27. The third kappa shape index (κ3) is 4.43. The van der Waals surface area contributed by atoms with E-state index in [1.54, 1.807) is 0 Å². The van der Waals surface area contributed by atoms with Crippen molar-refractivity contribution in [3.8, 4) is 0 Å². The molecular formula is C16H28N2. The smallest absolute Gasteiger partial charge is 0.0316 e. The van der Waals surface area contributed by atoms with Gasteiger partial charge in [0, 0.05) is 12.1 Å². The van der Waals surface area contributed by atoms with Gasteiger partial charge in [0.1, 0.15) is 0 Å². The van der Waals surface area contributed by atoms with E-state index in [0.717, 1.165) is 13.0 Å². The minimum Gasteiger partial charge on any atom is -0.327 e. The third-order valence-corrected chi connectivity index (χ3v) is 3.89. The highest BCUT2D eigenvalue weighted by Gasteiger charge is 2.14. The Morgan fingerprint density at radius 1 is 1.11 bits per heavy atom. The molecule has 1 rings (SSSR count). The maximum Gasteiger partial charge on any atom is 0.0316 e. The van der Waals surface area contributed by atoms with Gasteiger partial charge in [-0.15, -0.1) is 0 Å². The van der Waals surface area contributed by atoms with Crippen LogP contribution in [-0.4, -0.2) is 24.5 Å². The number of nitrogens with zero attached hydrogens (tertiary/aromatic N) is 1. The SMILES string of the molecule is Cc1ccc(C(C)N(C)CCC(N)C(C)C)cc1. The molecule has 2 atom stereocenters. The lowest BCUT2D eigenvalue weighted by atomic mass is 10.0. The number of aryl methyl sites for hydroxylation is 1. The molecule has 0 heterocycles. The van der Waals surface area contributed by atoms with Crippen LogP contribution in [0.15, 0.2) is 24.3 Å². The van der Waals surface area contributed by atoms with Crippen LogP contribution in [0.3, 0.4) is 0 Å². The Morgan fingerprint density at radius 3 is 2.17 bits per heavy atom. The van der Waals surface area contributed by atoms with Crippen LogP contribution in [-0.2, 0) is 0 Å². The molecule has 0 aliphatic rings. The summed E-state index contributed by atoms with van der Waals surface area (Å²) in [5, 5.41) is 0. The van der Waals surface area contributed by atoms with Crippen LogP contribution in [0.5, 0.6) is 0 Å². The van der Waals surface area contributed by atoms with Gasteiger partial charge in [0.2, 0.25) is 0 Å². The van der Waals surface area contributed by atoms with Gasteiger partial charge in [0.25, 0.3) is 0 Å². The van der Waals surface area contributed by atoms with Crippen LogP contribution >= 0.6 is 0 Å². The van der Waals surface area contributed by atoms with Gasteiger partial charge in [-0.05, 0) is 45.3 Å². The van der Waals surface area contributed by atoms with E-state index in [1.807, 2.05) is 0 Å². The standard InChI is InChI=1S/C16H28N2/c1-12(2)16(17)10-11-18(5)14(4)15-8-6-13(3)7-9-15/h6-9,12,14,16H,10-11,17H2,1-5H3. The Labute approximate surface area is 112 Å². The molecule has 18 heavy (non-hydrogen) atoms. The molecule has 0 saturated heterocycles. The molecule has 0 bridgehead atoms. The van der Waals surface area contributed by atoms with Gasteiger partial charge in [0.15, 0.2) is 0 Å². The topological polar surface area (TPSA) is 29.3 Å². The fourth-order valence-corrected chi connectivity index (χ4v) is 1.98. The normalized spacial score (nSPS) is 15.1. The maximum absolute atomic E-state index is 6.10. The highest BCUT2D eigenvalue weighted by atomic mass is 15.1. The molecule has 0 saturated carbocycles. The van der Waals surface area contributed by atoms with Gasteiger partial charge in [-0.3, -0.25) is 4.90 Å². The number of rotatable bonds is 6. The van der Waals surface area contributed by atoms with Crippen LogP contribution in [0.4, 0.5) is 0 Å². The molecule has 0 fully saturated rings. The molecule has 102 valence electrons. The van der Waals surface area contributed by atoms with Crippen molar-refractivity contribution in [1.82, 2.24) is 4.90 Å². The minimum absolute atomic E-state index is 0.303. The minimum atomic E-state index is 0.303. The molecule has 0 radical (unpaired) electrons. The van der Waals surface area contributed by atoms with Crippen LogP contribution in [0, 0.1) is 12.8 Å². The van der Waals surface area contributed by atoms with Crippen molar-refractivity contribution in [1.29, 1.82) is 0 Å². The fourth-order valence-electron chi connectivity index (χ4n) is 1.98. The molecule has 0 aliphatic heterocycles. The van der Waals surface area contributed by atoms with E-state index in [1.165, 1.54) is 11.1 Å². The number of benzene rings is 1. The van der Waals surface area contributed by atoms with E-state index in [2.05, 4.69) is 63.9 Å². The fraction of sp³-hybridized carbons (Fsp3) is 0.625. The molecule has 2 heteroatoms. The molecule has 2 unspecified atom stereocenters. The summed E-state index contributed by atoms with van der Waals surface area (Å²) in [5.74, 6) is 0.563. The predicted octanol–water partition coefficient (Wildman–Crippen LogP) is 3.36. The molecule has 0 spiro atoms. The van der Waals surface area contributed by atoms with Gasteiger partial charge >= 0.3 is 0 Å². The van der Waals surface area contributed by atoms with Crippen molar-refractivity contribution < 1.29 is 0 Å². The van der Waals surface area contributed by atoms with Crippen LogP contribution in [0.1, 0.15) is 44.4 Å². The Bertz CT molecular complexity index is 343. The number of hydrogen-bond donors (Lipinski definition) is 1. The first-order chi connectivity index (χ1) is 8.41. The van der Waals surface area contributed by atoms with E-state index >= 15 is 0 Å². The molecular weight excluding hydrogens is 220 g/mol. The zero-order valence-corrected chi connectivity index (χ0v) is 12.5. The molecule has 1 aromatic carbocycles. The van der Waals surface area contributed by atoms with Gasteiger partial charge in [-0.25, -0.2) is 0 Å². The second kappa shape index (κ2) is 6.91. The van der Waals surface area contributed by atoms with Gasteiger partial charge in [-0.1, -0.05) is 43.7 Å². The zero-order chi connectivity index (χ0) is 13.7. The summed E-state index contributed by atoms with van der Waals surface area (Å²) in [7, 11) is 2.18. The first-order valence-electron chi connectivity index (χ1n) is 6.94. The van der Waals surface area contributed by atoms with E-state index in [9.17, 15) is 0 Å². The lowest BCUT2D eigenvalue weighted by Crippen LogP contribution is -2.32. The Morgan fingerprint density at radius 2 is 1.67 bits per heavy atom. The average Bonchev–Trinajstić information content (AvgIpc) is 2.35. The molecule has 0 aromatic heterocycles. The lowest BCUT2D eigenvalue weighted by molar-refractivity contribution is 0.243. The summed E-state index contributed by atoms with van der Waals surface area (Å²) >= 11 is 0. The zero-order valence-electron chi connectivity index (χ0n) is 12.5. The van der Waals surface area contributed by atoms with Crippen LogP contribution < -0.4 is 5.73 Å². The summed E-state index contributed by atoms with van der Waals surface area (Å²) in [6, 6.07) is 9.55. The summed E-state index contributed by atoms with van der Waals surface area (Å²) in [6.07, 6.45) is 1.06. The third-order valence-electron chi connectivity index (χ3n) is 3.89. The average molecular weight is 248 g/mol. The van der Waals surface area contributed by atoms with Crippen molar-refractivity contribution in [2.75, 3.05) is 13.6 Å². The summed E-state index contributed by atoms with van der Waals surface area (Å²) in [4.78, 5) is 2.38. The highest BCUT2D eigenvalue weighted by Crippen LogP contribution is 2.19. The second-order valence-electron chi connectivity index (χ2n) is 5.76. The van der Waals surface area contributed by atoms with E-state index in [-0.39, 0.29) is 0 Å². The van der Waals surface area contributed by atoms with Crippen LogP contribution in [0.2, 0.25) is 0 Å². The van der Waals surface area contributed by atoms with Crippen LogP contribution in [0.25, 0.3) is 0 Å². The first-order valence-corrected chi connectivity index (χ1v) is 6.94. The van der Waals surface area contributed by atoms with Crippen molar-refractivity contribution in [3.05, 3.63) is 35.4 Å². The van der Waals surface area contributed by atoms with Crippen molar-refractivity contribution in [3.63, 3.8) is 0 Å². The van der Waals surface area contributed by atoms with E-state index < -0.39 is 0 Å². The summed E-state index contributed by atoms with van der Waals surface area (Å²) in [5.41, 5.74) is 8.79. The Hall–Kier alpha value is -0.860. The molecule has 0 amide bonds. The van der Waals surface area contributed by atoms with Crippen molar-refractivity contribution >= 4 is 0 Å². The largest absolute Gasteiger partial charge is 0.327 e. The van der Waals surface area contributed by atoms with Gasteiger partial charge in [0.05, 0.1) is 0 Å². The Balaban J connectivity index is 2.51. The molecule has 1 aromatic rings. The first kappa shape index (κ1) is 15.2. The summed E-state index contributed by atoms with van der Waals surface area (Å²) in [6.45, 7) is 9.81. The monoisotopic (exact) mass is 248 g/mol. The van der Waals surface area contributed by atoms with E-state index in [4.69, 9.17) is 5.73 Å².